The molecule has 0 amide bonds. The fraction of sp³-hybridized carbons (Fsp3) is 0.692. The lowest BCUT2D eigenvalue weighted by molar-refractivity contribution is 0.352. The van der Waals surface area contributed by atoms with Crippen LogP contribution in [0.15, 0.2) is 6.33 Å². The molecule has 1 aliphatic heterocycles. The zero-order valence-corrected chi connectivity index (χ0v) is 10.8. The van der Waals surface area contributed by atoms with Crippen LogP contribution < -0.4 is 15.4 Å². The third-order valence-electron chi connectivity index (χ3n) is 4.28. The lowest BCUT2D eigenvalue weighted by Gasteiger charge is -2.39. The average Bonchev–Trinajstić information content (AvgIpc) is 2.86. The molecule has 0 spiro atoms. The molecule has 2 unspecified atom stereocenters. The summed E-state index contributed by atoms with van der Waals surface area (Å²) >= 11 is 0. The largest absolute Gasteiger partial charge is 0.490 e. The van der Waals surface area contributed by atoms with Crippen molar-refractivity contribution >= 4 is 11.6 Å². The standard InChI is InChI=1S/C13H20N4O/c1-18-11-12(14)15-8-16-13(11)17-7-3-5-9-4-2-6-10(9)17/h8-10H,2-7H2,1H3,(H2,14,15,16). The van der Waals surface area contributed by atoms with Crippen molar-refractivity contribution in [1.82, 2.24) is 9.97 Å². The van der Waals surface area contributed by atoms with Gasteiger partial charge in [0.2, 0.25) is 5.75 Å². The predicted molar refractivity (Wildman–Crippen MR) is 70.7 cm³/mol. The second-order valence-corrected chi connectivity index (χ2v) is 5.21. The molecule has 18 heavy (non-hydrogen) atoms. The molecule has 1 aromatic heterocycles. The second-order valence-electron chi connectivity index (χ2n) is 5.21. The molecule has 2 heterocycles. The molecule has 5 nitrogen and oxygen atoms in total. The van der Waals surface area contributed by atoms with Crippen LogP contribution in [0.25, 0.3) is 0 Å². The highest BCUT2D eigenvalue weighted by Gasteiger charge is 2.36. The van der Waals surface area contributed by atoms with Gasteiger partial charge in [-0.05, 0) is 31.6 Å². The highest BCUT2D eigenvalue weighted by molar-refractivity contribution is 5.63. The summed E-state index contributed by atoms with van der Waals surface area (Å²) in [6.07, 6.45) is 8.06. The van der Waals surface area contributed by atoms with Gasteiger partial charge in [-0.25, -0.2) is 9.97 Å². The molecule has 0 aromatic carbocycles. The number of fused-ring (bicyclic) bond motifs is 1. The van der Waals surface area contributed by atoms with E-state index in [9.17, 15) is 0 Å². The van der Waals surface area contributed by atoms with E-state index in [0.29, 0.717) is 17.6 Å². The summed E-state index contributed by atoms with van der Waals surface area (Å²) in [5.41, 5.74) is 5.87. The van der Waals surface area contributed by atoms with Gasteiger partial charge in [-0.15, -0.1) is 0 Å². The Labute approximate surface area is 107 Å². The Kier molecular flexibility index (Phi) is 2.97. The van der Waals surface area contributed by atoms with Crippen LogP contribution in [-0.2, 0) is 0 Å². The zero-order valence-electron chi connectivity index (χ0n) is 10.8. The highest BCUT2D eigenvalue weighted by atomic mass is 16.5. The maximum Gasteiger partial charge on any atom is 0.204 e. The molecule has 0 bridgehead atoms. The molecule has 1 saturated carbocycles. The van der Waals surface area contributed by atoms with Crippen LogP contribution in [0.3, 0.4) is 0 Å². The van der Waals surface area contributed by atoms with Gasteiger partial charge in [-0.1, -0.05) is 6.42 Å². The lowest BCUT2D eigenvalue weighted by Crippen LogP contribution is -2.43. The van der Waals surface area contributed by atoms with Crippen LogP contribution in [0.5, 0.6) is 5.75 Å². The van der Waals surface area contributed by atoms with Gasteiger partial charge in [0.05, 0.1) is 7.11 Å². The molecule has 2 atom stereocenters. The molecule has 1 aromatic rings. The van der Waals surface area contributed by atoms with Crippen molar-refractivity contribution in [3.8, 4) is 5.75 Å². The van der Waals surface area contributed by atoms with E-state index in [2.05, 4.69) is 14.9 Å². The van der Waals surface area contributed by atoms with Crippen LogP contribution in [0, 0.1) is 5.92 Å². The van der Waals surface area contributed by atoms with Crippen molar-refractivity contribution in [3.63, 3.8) is 0 Å². The number of aromatic nitrogens is 2. The van der Waals surface area contributed by atoms with Crippen LogP contribution in [0.4, 0.5) is 11.6 Å². The number of rotatable bonds is 2. The van der Waals surface area contributed by atoms with Crippen LogP contribution >= 0.6 is 0 Å². The lowest BCUT2D eigenvalue weighted by atomic mass is 9.92. The minimum absolute atomic E-state index is 0.433. The van der Waals surface area contributed by atoms with E-state index < -0.39 is 0 Å². The van der Waals surface area contributed by atoms with Crippen molar-refractivity contribution in [2.75, 3.05) is 24.3 Å². The van der Waals surface area contributed by atoms with E-state index in [1.165, 1.54) is 38.4 Å². The van der Waals surface area contributed by atoms with E-state index >= 15 is 0 Å². The summed E-state index contributed by atoms with van der Waals surface area (Å²) in [5, 5.41) is 0. The molecule has 2 N–H and O–H groups in total. The first-order valence-electron chi connectivity index (χ1n) is 6.72. The fourth-order valence-corrected chi connectivity index (χ4v) is 3.49. The normalized spacial score (nSPS) is 27.1. The van der Waals surface area contributed by atoms with E-state index in [1.54, 1.807) is 7.11 Å². The van der Waals surface area contributed by atoms with Crippen LogP contribution in [-0.4, -0.2) is 29.7 Å². The Balaban J connectivity index is 1.96. The van der Waals surface area contributed by atoms with Gasteiger partial charge in [-0.3, -0.25) is 0 Å². The molecule has 1 aliphatic carbocycles. The van der Waals surface area contributed by atoms with Crippen LogP contribution in [0.1, 0.15) is 32.1 Å². The van der Waals surface area contributed by atoms with Gasteiger partial charge in [0.1, 0.15) is 6.33 Å². The van der Waals surface area contributed by atoms with Gasteiger partial charge in [0.25, 0.3) is 0 Å². The van der Waals surface area contributed by atoms with Gasteiger partial charge >= 0.3 is 0 Å². The highest BCUT2D eigenvalue weighted by Crippen LogP contribution is 2.41. The number of nitrogens with two attached hydrogens (primary N) is 1. The van der Waals surface area contributed by atoms with Crippen molar-refractivity contribution in [2.24, 2.45) is 5.92 Å². The van der Waals surface area contributed by atoms with E-state index in [-0.39, 0.29) is 0 Å². The number of ether oxygens (including phenoxy) is 1. The maximum absolute atomic E-state index is 5.87. The Morgan fingerprint density at radius 3 is 2.94 bits per heavy atom. The average molecular weight is 248 g/mol. The molecule has 5 heteroatoms. The minimum Gasteiger partial charge on any atom is -0.490 e. The van der Waals surface area contributed by atoms with Gasteiger partial charge < -0.3 is 15.4 Å². The van der Waals surface area contributed by atoms with E-state index in [0.717, 1.165) is 18.3 Å². The summed E-state index contributed by atoms with van der Waals surface area (Å²) in [4.78, 5) is 10.8. The number of nitrogen functional groups attached to an aromatic ring is 1. The molecular formula is C13H20N4O. The summed E-state index contributed by atoms with van der Waals surface area (Å²) in [5.74, 6) is 2.76. The van der Waals surface area contributed by atoms with Crippen molar-refractivity contribution < 1.29 is 4.74 Å². The minimum atomic E-state index is 0.433. The van der Waals surface area contributed by atoms with Crippen LogP contribution in [0.2, 0.25) is 0 Å². The van der Waals surface area contributed by atoms with Gasteiger partial charge in [0.15, 0.2) is 11.6 Å². The van der Waals surface area contributed by atoms with Gasteiger partial charge in [0, 0.05) is 12.6 Å². The zero-order chi connectivity index (χ0) is 12.5. The number of piperidine rings is 1. The molecule has 2 fully saturated rings. The molecule has 3 rings (SSSR count). The van der Waals surface area contributed by atoms with Crippen molar-refractivity contribution in [3.05, 3.63) is 6.33 Å². The molecular weight excluding hydrogens is 228 g/mol. The number of hydrogen-bond acceptors (Lipinski definition) is 5. The first-order chi connectivity index (χ1) is 8.81. The Bertz CT molecular complexity index is 437. The number of anilines is 2. The summed E-state index contributed by atoms with van der Waals surface area (Å²) in [7, 11) is 1.63. The molecule has 1 saturated heterocycles. The Morgan fingerprint density at radius 1 is 1.28 bits per heavy atom. The molecule has 0 radical (unpaired) electrons. The number of nitrogens with zero attached hydrogens (tertiary/aromatic N) is 3. The molecule has 98 valence electrons. The van der Waals surface area contributed by atoms with Gasteiger partial charge in [-0.2, -0.15) is 0 Å². The Morgan fingerprint density at radius 2 is 2.11 bits per heavy atom. The Hall–Kier alpha value is -1.52. The SMILES string of the molecule is COc1c(N)ncnc1N1CCCC2CCCC21. The topological polar surface area (TPSA) is 64.3 Å². The third kappa shape index (κ3) is 1.78. The van der Waals surface area contributed by atoms with Crippen molar-refractivity contribution in [1.29, 1.82) is 0 Å². The first-order valence-corrected chi connectivity index (χ1v) is 6.72. The maximum atomic E-state index is 5.87. The predicted octanol–water partition coefficient (Wildman–Crippen LogP) is 1.84. The summed E-state index contributed by atoms with van der Waals surface area (Å²) in [6.45, 7) is 1.05. The second kappa shape index (κ2) is 4.63. The molecule has 2 aliphatic rings. The fourth-order valence-electron chi connectivity index (χ4n) is 3.49. The first kappa shape index (κ1) is 11.6. The van der Waals surface area contributed by atoms with Crippen molar-refractivity contribution in [2.45, 2.75) is 38.1 Å². The number of methoxy groups -OCH3 is 1. The quantitative estimate of drug-likeness (QED) is 0.865. The monoisotopic (exact) mass is 248 g/mol. The summed E-state index contributed by atoms with van der Waals surface area (Å²) in [6, 6.07) is 0.613. The van der Waals surface area contributed by atoms with E-state index in [4.69, 9.17) is 10.5 Å². The van der Waals surface area contributed by atoms with E-state index in [1.807, 2.05) is 0 Å². The third-order valence-corrected chi connectivity index (χ3v) is 4.28. The summed E-state index contributed by atoms with van der Waals surface area (Å²) < 4.78 is 5.39. The smallest absolute Gasteiger partial charge is 0.204 e. The number of hydrogen-bond donors (Lipinski definition) is 1.